The molecule has 0 aliphatic carbocycles. The molecule has 1 aromatic carbocycles. The molecule has 16 heavy (non-hydrogen) atoms. The number of hydrogen-bond donors (Lipinski definition) is 0. The highest BCUT2D eigenvalue weighted by atomic mass is 16.1. The van der Waals surface area contributed by atoms with Crippen molar-refractivity contribution < 1.29 is 4.79 Å². The van der Waals surface area contributed by atoms with E-state index in [2.05, 4.69) is 6.58 Å². The van der Waals surface area contributed by atoms with E-state index in [0.717, 1.165) is 5.69 Å². The minimum atomic E-state index is 0.0247. The van der Waals surface area contributed by atoms with Crippen LogP contribution in [0.1, 0.15) is 13.8 Å². The Bertz CT molecular complexity index is 368. The summed E-state index contributed by atoms with van der Waals surface area (Å²) in [6, 6.07) is 9.99. The van der Waals surface area contributed by atoms with Gasteiger partial charge in [-0.3, -0.25) is 4.79 Å². The first kappa shape index (κ1) is 12.5. The van der Waals surface area contributed by atoms with E-state index >= 15 is 0 Å². The molecule has 0 saturated carbocycles. The third kappa shape index (κ3) is 3.23. The smallest absolute Gasteiger partial charge is 0.162 e. The van der Waals surface area contributed by atoms with Crippen molar-refractivity contribution >= 4 is 11.5 Å². The second kappa shape index (κ2) is 5.50. The Hall–Kier alpha value is -1.57. The third-order valence-corrected chi connectivity index (χ3v) is 2.50. The Labute approximate surface area is 97.6 Å². The van der Waals surface area contributed by atoms with Crippen LogP contribution in [0, 0.1) is 5.92 Å². The van der Waals surface area contributed by atoms with Gasteiger partial charge in [0.15, 0.2) is 5.78 Å². The normalized spacial score (nSPS) is 10.2. The van der Waals surface area contributed by atoms with Crippen molar-refractivity contribution in [2.45, 2.75) is 13.8 Å². The van der Waals surface area contributed by atoms with Gasteiger partial charge in [-0.05, 0) is 12.1 Å². The topological polar surface area (TPSA) is 20.3 Å². The Morgan fingerprint density at radius 1 is 1.31 bits per heavy atom. The van der Waals surface area contributed by atoms with Crippen molar-refractivity contribution in [3.8, 4) is 0 Å². The fourth-order valence-corrected chi connectivity index (χ4v) is 1.55. The van der Waals surface area contributed by atoms with E-state index in [1.165, 1.54) is 0 Å². The number of rotatable bonds is 5. The van der Waals surface area contributed by atoms with Gasteiger partial charge in [0.2, 0.25) is 0 Å². The maximum atomic E-state index is 11.7. The van der Waals surface area contributed by atoms with E-state index in [9.17, 15) is 4.79 Å². The van der Waals surface area contributed by atoms with Crippen LogP contribution in [-0.4, -0.2) is 19.4 Å². The minimum absolute atomic E-state index is 0.0247. The Balaban J connectivity index is 2.62. The lowest BCUT2D eigenvalue weighted by molar-refractivity contribution is -0.118. The van der Waals surface area contributed by atoms with Crippen molar-refractivity contribution in [1.29, 1.82) is 0 Å². The van der Waals surface area contributed by atoms with E-state index in [4.69, 9.17) is 0 Å². The van der Waals surface area contributed by atoms with Crippen LogP contribution in [-0.2, 0) is 4.79 Å². The van der Waals surface area contributed by atoms with Gasteiger partial charge in [0.25, 0.3) is 0 Å². The first-order valence-corrected chi connectivity index (χ1v) is 5.50. The number of carbonyl (C=O) groups excluding carboxylic acids is 1. The monoisotopic (exact) mass is 217 g/mol. The van der Waals surface area contributed by atoms with Crippen molar-refractivity contribution in [1.82, 2.24) is 0 Å². The maximum Gasteiger partial charge on any atom is 0.162 e. The number of benzene rings is 1. The van der Waals surface area contributed by atoms with Crippen molar-refractivity contribution in [3.05, 3.63) is 42.5 Å². The van der Waals surface area contributed by atoms with Crippen molar-refractivity contribution in [2.75, 3.05) is 18.5 Å². The Morgan fingerprint density at radius 3 is 2.38 bits per heavy atom. The lowest BCUT2D eigenvalue weighted by Gasteiger charge is -2.20. The summed E-state index contributed by atoms with van der Waals surface area (Å²) in [7, 11) is 1.97. The number of hydrogen-bond acceptors (Lipinski definition) is 2. The molecule has 1 rings (SSSR count). The number of ketones is 1. The van der Waals surface area contributed by atoms with E-state index in [-0.39, 0.29) is 11.7 Å². The summed E-state index contributed by atoms with van der Waals surface area (Å²) in [6.45, 7) is 8.23. The van der Waals surface area contributed by atoms with Gasteiger partial charge in [0.05, 0.1) is 0 Å². The van der Waals surface area contributed by atoms with Crippen LogP contribution in [0.4, 0.5) is 5.69 Å². The molecule has 0 aliphatic rings. The SMILES string of the molecule is C=C(CN(C)c1ccccc1)C(=O)C(C)C. The zero-order chi connectivity index (χ0) is 12.1. The molecular formula is C14H19NO. The highest BCUT2D eigenvalue weighted by Gasteiger charge is 2.13. The molecule has 0 unspecified atom stereocenters. The molecule has 0 fully saturated rings. The second-order valence-electron chi connectivity index (χ2n) is 4.31. The van der Waals surface area contributed by atoms with Gasteiger partial charge >= 0.3 is 0 Å². The molecule has 0 aromatic heterocycles. The Kier molecular flexibility index (Phi) is 4.29. The summed E-state index contributed by atoms with van der Waals surface area (Å²) in [5, 5.41) is 0. The van der Waals surface area contributed by atoms with Crippen LogP contribution in [0.15, 0.2) is 42.5 Å². The molecule has 0 bridgehead atoms. The first-order valence-electron chi connectivity index (χ1n) is 5.50. The molecule has 0 radical (unpaired) electrons. The van der Waals surface area contributed by atoms with E-state index in [1.54, 1.807) is 0 Å². The van der Waals surface area contributed by atoms with Gasteiger partial charge in [0.1, 0.15) is 0 Å². The summed E-state index contributed by atoms with van der Waals surface area (Å²) in [5.74, 6) is 0.166. The van der Waals surface area contributed by atoms with Crippen molar-refractivity contribution in [2.24, 2.45) is 5.92 Å². The average molecular weight is 217 g/mol. The van der Waals surface area contributed by atoms with Gasteiger partial charge in [-0.1, -0.05) is 38.6 Å². The molecule has 0 amide bonds. The molecule has 0 saturated heterocycles. The zero-order valence-electron chi connectivity index (χ0n) is 10.2. The average Bonchev–Trinajstić information content (AvgIpc) is 2.28. The lowest BCUT2D eigenvalue weighted by atomic mass is 10.0. The first-order chi connectivity index (χ1) is 7.52. The standard InChI is InChI=1S/C14H19NO/c1-11(2)14(16)12(3)10-15(4)13-8-6-5-7-9-13/h5-9,11H,3,10H2,1-2,4H3. The van der Waals surface area contributed by atoms with Gasteiger partial charge in [0, 0.05) is 30.8 Å². The molecule has 86 valence electrons. The van der Waals surface area contributed by atoms with Crippen LogP contribution in [0.25, 0.3) is 0 Å². The van der Waals surface area contributed by atoms with E-state index in [1.807, 2.05) is 56.1 Å². The fourth-order valence-electron chi connectivity index (χ4n) is 1.55. The predicted octanol–water partition coefficient (Wildman–Crippen LogP) is 2.90. The molecule has 0 heterocycles. The number of Topliss-reactive ketones (excluding diaryl/α,β-unsaturated/α-hetero) is 1. The Morgan fingerprint density at radius 2 is 1.88 bits per heavy atom. The number of carbonyl (C=O) groups is 1. The molecule has 0 aliphatic heterocycles. The summed E-state index contributed by atoms with van der Waals surface area (Å²) in [5.41, 5.74) is 1.77. The molecular weight excluding hydrogens is 198 g/mol. The fraction of sp³-hybridized carbons (Fsp3) is 0.357. The van der Waals surface area contributed by atoms with Gasteiger partial charge in [-0.2, -0.15) is 0 Å². The third-order valence-electron chi connectivity index (χ3n) is 2.50. The van der Waals surface area contributed by atoms with E-state index < -0.39 is 0 Å². The number of anilines is 1. The van der Waals surface area contributed by atoms with Crippen LogP contribution in [0.2, 0.25) is 0 Å². The quantitative estimate of drug-likeness (QED) is 0.707. The van der Waals surface area contributed by atoms with Crippen LogP contribution in [0.3, 0.4) is 0 Å². The van der Waals surface area contributed by atoms with Crippen LogP contribution < -0.4 is 4.90 Å². The molecule has 1 aromatic rings. The summed E-state index contributed by atoms with van der Waals surface area (Å²) in [4.78, 5) is 13.7. The lowest BCUT2D eigenvalue weighted by Crippen LogP contribution is -2.24. The summed E-state index contributed by atoms with van der Waals surface area (Å²) in [6.07, 6.45) is 0. The zero-order valence-corrected chi connectivity index (χ0v) is 10.2. The molecule has 0 spiro atoms. The maximum absolute atomic E-state index is 11.7. The number of para-hydroxylation sites is 1. The molecule has 0 N–H and O–H groups in total. The summed E-state index contributed by atoms with van der Waals surface area (Å²) >= 11 is 0. The number of nitrogens with zero attached hydrogens (tertiary/aromatic N) is 1. The highest BCUT2D eigenvalue weighted by molar-refractivity contribution is 5.96. The van der Waals surface area contributed by atoms with Crippen molar-refractivity contribution in [3.63, 3.8) is 0 Å². The minimum Gasteiger partial charge on any atom is -0.370 e. The second-order valence-corrected chi connectivity index (χ2v) is 4.31. The highest BCUT2D eigenvalue weighted by Crippen LogP contribution is 2.13. The number of likely N-dealkylation sites (N-methyl/N-ethyl adjacent to an activating group) is 1. The van der Waals surface area contributed by atoms with E-state index in [0.29, 0.717) is 12.1 Å². The van der Waals surface area contributed by atoms with Gasteiger partial charge < -0.3 is 4.90 Å². The summed E-state index contributed by atoms with van der Waals surface area (Å²) < 4.78 is 0. The van der Waals surface area contributed by atoms with Crippen LogP contribution >= 0.6 is 0 Å². The molecule has 2 heteroatoms. The largest absolute Gasteiger partial charge is 0.370 e. The predicted molar refractivity (Wildman–Crippen MR) is 68.7 cm³/mol. The van der Waals surface area contributed by atoms with Crippen LogP contribution in [0.5, 0.6) is 0 Å². The van der Waals surface area contributed by atoms with Gasteiger partial charge in [-0.15, -0.1) is 0 Å². The van der Waals surface area contributed by atoms with Gasteiger partial charge in [-0.25, -0.2) is 0 Å². The molecule has 2 nitrogen and oxygen atoms in total. The molecule has 0 atom stereocenters.